The van der Waals surface area contributed by atoms with Crippen LogP contribution in [-0.2, 0) is 9.22 Å². The monoisotopic (exact) mass is 596 g/mol. The van der Waals surface area contributed by atoms with Gasteiger partial charge in [0.1, 0.15) is 18.2 Å². The number of rotatable bonds is 7. The predicted molar refractivity (Wildman–Crippen MR) is 147 cm³/mol. The third-order valence-electron chi connectivity index (χ3n) is 6.51. The SMILES string of the molecule is CC(C)(C)[Si](C)(C)OCCOc1cc(NC(=O)N2C=CC(=O)C[C@H]2c2ccc(F)cc2)c(Br)cc1Cl. The summed E-state index contributed by atoms with van der Waals surface area (Å²) in [6, 6.07) is 8.04. The number of carbonyl (C=O) groups excluding carboxylic acids is 2. The number of urea groups is 1. The van der Waals surface area contributed by atoms with Gasteiger partial charge in [0.05, 0.1) is 23.4 Å². The van der Waals surface area contributed by atoms with Crippen LogP contribution in [0.3, 0.4) is 0 Å². The van der Waals surface area contributed by atoms with E-state index in [0.29, 0.717) is 39.7 Å². The highest BCUT2D eigenvalue weighted by Gasteiger charge is 2.37. The van der Waals surface area contributed by atoms with Gasteiger partial charge in [-0.25, -0.2) is 9.18 Å². The van der Waals surface area contributed by atoms with Crippen molar-refractivity contribution in [2.45, 2.75) is 51.4 Å². The number of nitrogens with zero attached hydrogens (tertiary/aromatic N) is 1. The molecule has 1 heterocycles. The number of ketones is 1. The summed E-state index contributed by atoms with van der Waals surface area (Å²) in [5.74, 6) is -0.0927. The first-order chi connectivity index (χ1) is 16.8. The molecule has 36 heavy (non-hydrogen) atoms. The van der Waals surface area contributed by atoms with Crippen LogP contribution < -0.4 is 10.1 Å². The van der Waals surface area contributed by atoms with E-state index in [1.54, 1.807) is 24.3 Å². The highest BCUT2D eigenvalue weighted by Crippen LogP contribution is 2.38. The van der Waals surface area contributed by atoms with Gasteiger partial charge in [0.2, 0.25) is 0 Å². The Labute approximate surface area is 226 Å². The Morgan fingerprint density at radius 2 is 1.89 bits per heavy atom. The molecule has 0 unspecified atom stereocenters. The van der Waals surface area contributed by atoms with Gasteiger partial charge in [-0.3, -0.25) is 9.69 Å². The fourth-order valence-electron chi connectivity index (χ4n) is 3.38. The Balaban J connectivity index is 1.72. The maximum Gasteiger partial charge on any atom is 0.326 e. The fraction of sp³-hybridized carbons (Fsp3) is 0.385. The van der Waals surface area contributed by atoms with Crippen LogP contribution in [0, 0.1) is 5.82 Å². The molecule has 2 aromatic rings. The summed E-state index contributed by atoms with van der Waals surface area (Å²) in [5.41, 5.74) is 1.11. The van der Waals surface area contributed by atoms with E-state index in [2.05, 4.69) is 55.1 Å². The second-order valence-corrected chi connectivity index (χ2v) is 16.2. The van der Waals surface area contributed by atoms with Gasteiger partial charge in [-0.15, -0.1) is 0 Å². The zero-order valence-electron chi connectivity index (χ0n) is 21.0. The molecule has 1 aliphatic heterocycles. The Morgan fingerprint density at radius 1 is 1.22 bits per heavy atom. The van der Waals surface area contributed by atoms with Crippen LogP contribution in [-0.4, -0.2) is 38.2 Å². The van der Waals surface area contributed by atoms with E-state index in [0.717, 1.165) is 0 Å². The minimum atomic E-state index is -1.89. The number of ether oxygens (including phenoxy) is 1. The summed E-state index contributed by atoms with van der Waals surface area (Å²) in [7, 11) is -1.89. The van der Waals surface area contributed by atoms with Crippen LogP contribution in [0.4, 0.5) is 14.9 Å². The van der Waals surface area contributed by atoms with Crippen LogP contribution in [0.5, 0.6) is 5.75 Å². The van der Waals surface area contributed by atoms with Gasteiger partial charge in [0.25, 0.3) is 0 Å². The molecule has 0 fully saturated rings. The number of carbonyl (C=O) groups is 2. The number of allylic oxidation sites excluding steroid dienone is 1. The Kier molecular flexibility index (Phi) is 9.03. The van der Waals surface area contributed by atoms with Gasteiger partial charge in [-0.1, -0.05) is 44.5 Å². The van der Waals surface area contributed by atoms with Crippen LogP contribution in [0.15, 0.2) is 53.1 Å². The second kappa shape index (κ2) is 11.5. The smallest absolute Gasteiger partial charge is 0.326 e. The normalized spacial score (nSPS) is 16.3. The Bertz CT molecular complexity index is 1150. The van der Waals surface area contributed by atoms with E-state index in [1.165, 1.54) is 29.3 Å². The lowest BCUT2D eigenvalue weighted by atomic mass is 9.97. The van der Waals surface area contributed by atoms with E-state index < -0.39 is 20.4 Å². The molecule has 0 saturated heterocycles. The summed E-state index contributed by atoms with van der Waals surface area (Å²) in [4.78, 5) is 26.7. The fourth-order valence-corrected chi connectivity index (χ4v) is 5.20. The molecule has 10 heteroatoms. The van der Waals surface area contributed by atoms with E-state index in [-0.39, 0.29) is 23.1 Å². The molecule has 6 nitrogen and oxygen atoms in total. The van der Waals surface area contributed by atoms with E-state index >= 15 is 0 Å². The van der Waals surface area contributed by atoms with E-state index in [1.807, 2.05) is 0 Å². The Hall–Kier alpha value is -2.20. The number of halogens is 3. The van der Waals surface area contributed by atoms with Crippen molar-refractivity contribution in [2.75, 3.05) is 18.5 Å². The van der Waals surface area contributed by atoms with Crippen molar-refractivity contribution in [3.63, 3.8) is 0 Å². The predicted octanol–water partition coefficient (Wildman–Crippen LogP) is 7.70. The maximum atomic E-state index is 13.4. The van der Waals surface area contributed by atoms with Gasteiger partial charge >= 0.3 is 6.03 Å². The highest BCUT2D eigenvalue weighted by atomic mass is 79.9. The van der Waals surface area contributed by atoms with E-state index in [4.69, 9.17) is 20.8 Å². The molecule has 0 saturated carbocycles. The van der Waals surface area contributed by atoms with Crippen molar-refractivity contribution >= 4 is 53.4 Å². The second-order valence-electron chi connectivity index (χ2n) is 10.1. The molecule has 0 aromatic heterocycles. The number of nitrogens with one attached hydrogen (secondary N) is 1. The Morgan fingerprint density at radius 3 is 2.53 bits per heavy atom. The van der Waals surface area contributed by atoms with Crippen molar-refractivity contribution in [1.29, 1.82) is 0 Å². The summed E-state index contributed by atoms with van der Waals surface area (Å²) < 4.78 is 26.0. The molecule has 2 amide bonds. The minimum absolute atomic E-state index is 0.0962. The molecule has 0 aliphatic carbocycles. The first-order valence-corrected chi connectivity index (χ1v) is 15.7. The largest absolute Gasteiger partial charge is 0.490 e. The molecular weight excluding hydrogens is 567 g/mol. The highest BCUT2D eigenvalue weighted by molar-refractivity contribution is 9.10. The third-order valence-corrected chi connectivity index (χ3v) is 12.0. The molecule has 3 rings (SSSR count). The molecule has 0 spiro atoms. The lowest BCUT2D eigenvalue weighted by Gasteiger charge is -2.36. The number of benzene rings is 2. The molecule has 194 valence electrons. The molecule has 0 radical (unpaired) electrons. The van der Waals surface area contributed by atoms with Crippen molar-refractivity contribution in [1.82, 2.24) is 4.90 Å². The third kappa shape index (κ3) is 6.97. The maximum absolute atomic E-state index is 13.4. The lowest BCUT2D eigenvalue weighted by molar-refractivity contribution is -0.116. The van der Waals surface area contributed by atoms with Crippen LogP contribution in [0.2, 0.25) is 23.2 Å². The van der Waals surface area contributed by atoms with Gasteiger partial charge in [0.15, 0.2) is 14.1 Å². The molecule has 0 bridgehead atoms. The van der Waals surface area contributed by atoms with Gasteiger partial charge < -0.3 is 14.5 Å². The quantitative estimate of drug-likeness (QED) is 0.262. The topological polar surface area (TPSA) is 67.9 Å². The number of anilines is 1. The van der Waals surface area contributed by atoms with E-state index in [9.17, 15) is 14.0 Å². The molecule has 1 atom stereocenters. The van der Waals surface area contributed by atoms with Crippen molar-refractivity contribution in [3.05, 3.63) is 69.6 Å². The lowest BCUT2D eigenvalue weighted by Crippen LogP contribution is -2.41. The zero-order valence-corrected chi connectivity index (χ0v) is 24.4. The summed E-state index contributed by atoms with van der Waals surface area (Å²) in [6.45, 7) is 11.6. The van der Waals surface area contributed by atoms with Crippen molar-refractivity contribution < 1.29 is 23.1 Å². The standard InChI is InChI=1S/C26H31BrClFN2O4Si/c1-26(2,3)36(4,5)35-13-12-34-24-16-22(20(27)15-21(24)28)30-25(33)31-11-10-19(32)14-23(31)17-6-8-18(29)9-7-17/h6-11,15-16,23H,12-14H2,1-5H3,(H,30,33)/t23-/m0/s1. The number of hydrogen-bond acceptors (Lipinski definition) is 4. The van der Waals surface area contributed by atoms with Crippen molar-refractivity contribution in [3.8, 4) is 5.75 Å². The van der Waals surface area contributed by atoms with Gasteiger partial charge in [-0.2, -0.15) is 0 Å². The molecular formula is C26H31BrClFN2O4Si. The average Bonchev–Trinajstić information content (AvgIpc) is 2.79. The zero-order chi connectivity index (χ0) is 26.7. The van der Waals surface area contributed by atoms with Gasteiger partial charge in [-0.05, 0) is 63.9 Å². The average molecular weight is 598 g/mol. The van der Waals surface area contributed by atoms with Crippen LogP contribution in [0.25, 0.3) is 0 Å². The number of amides is 2. The summed E-state index contributed by atoms with van der Waals surface area (Å²) in [6.07, 6.45) is 2.89. The molecule has 2 aromatic carbocycles. The van der Waals surface area contributed by atoms with Gasteiger partial charge in [0, 0.05) is 23.2 Å². The van der Waals surface area contributed by atoms with Crippen molar-refractivity contribution in [2.24, 2.45) is 0 Å². The molecule has 1 aliphatic rings. The van der Waals surface area contributed by atoms with Crippen LogP contribution in [0.1, 0.15) is 38.8 Å². The first kappa shape index (κ1) is 28.4. The first-order valence-electron chi connectivity index (χ1n) is 11.6. The summed E-state index contributed by atoms with van der Waals surface area (Å²) >= 11 is 9.81. The van der Waals surface area contributed by atoms with Crippen LogP contribution >= 0.6 is 27.5 Å². The summed E-state index contributed by atoms with van der Waals surface area (Å²) in [5, 5.41) is 3.33. The molecule has 1 N–H and O–H groups in total. The number of hydrogen-bond donors (Lipinski definition) is 1. The minimum Gasteiger partial charge on any atom is -0.490 e.